The van der Waals surface area contributed by atoms with Crippen molar-refractivity contribution >= 4 is 15.9 Å². The van der Waals surface area contributed by atoms with E-state index >= 15 is 0 Å². The van der Waals surface area contributed by atoms with Crippen molar-refractivity contribution in [2.75, 3.05) is 19.8 Å². The van der Waals surface area contributed by atoms with Gasteiger partial charge in [0.15, 0.2) is 0 Å². The first kappa shape index (κ1) is 15.4. The van der Waals surface area contributed by atoms with Gasteiger partial charge in [0.25, 0.3) is 0 Å². The molecule has 2 aliphatic rings. The van der Waals surface area contributed by atoms with Crippen molar-refractivity contribution in [1.29, 1.82) is 0 Å². The first-order valence-electron chi connectivity index (χ1n) is 7.58. The molecule has 3 N–H and O–H groups in total. The highest BCUT2D eigenvalue weighted by atomic mass is 79.9. The summed E-state index contributed by atoms with van der Waals surface area (Å²) in [4.78, 5) is 0. The van der Waals surface area contributed by atoms with Crippen molar-refractivity contribution in [1.82, 2.24) is 5.43 Å². The monoisotopic (exact) mass is 354 g/mol. The van der Waals surface area contributed by atoms with E-state index in [1.165, 1.54) is 11.1 Å². The molecule has 3 rings (SSSR count). The Kier molecular flexibility index (Phi) is 4.66. The van der Waals surface area contributed by atoms with Gasteiger partial charge in [-0.3, -0.25) is 11.3 Å². The van der Waals surface area contributed by atoms with Crippen molar-refractivity contribution in [3.8, 4) is 0 Å². The van der Waals surface area contributed by atoms with Gasteiger partial charge in [-0.15, -0.1) is 0 Å². The summed E-state index contributed by atoms with van der Waals surface area (Å²) in [7, 11) is 0. The molecule has 2 heterocycles. The molecule has 1 spiro atoms. The van der Waals surface area contributed by atoms with E-state index in [1.807, 2.05) is 0 Å². The minimum absolute atomic E-state index is 0.0890. The second kappa shape index (κ2) is 6.34. The predicted octanol–water partition coefficient (Wildman–Crippen LogP) is 2.85. The second-order valence-corrected chi connectivity index (χ2v) is 7.00. The zero-order valence-corrected chi connectivity index (χ0v) is 14.0. The number of hydrogen-bond donors (Lipinski definition) is 2. The third-order valence-corrected chi connectivity index (χ3v) is 5.89. The standard InChI is InChI=1S/C16H23BrN2O2/c1-11-3-2-4-13(14(11)17)15(19-18)12-5-7-21-16(9-12)6-8-20-10-16/h2-4,12,15,19H,5-10,18H2,1H3. The fourth-order valence-electron chi connectivity index (χ4n) is 3.60. The van der Waals surface area contributed by atoms with Crippen LogP contribution in [0.25, 0.3) is 0 Å². The largest absolute Gasteiger partial charge is 0.378 e. The molecular weight excluding hydrogens is 332 g/mol. The number of hydrogen-bond acceptors (Lipinski definition) is 4. The van der Waals surface area contributed by atoms with Gasteiger partial charge >= 0.3 is 0 Å². The number of hydrazine groups is 1. The van der Waals surface area contributed by atoms with Crippen molar-refractivity contribution in [2.24, 2.45) is 11.8 Å². The first-order valence-corrected chi connectivity index (χ1v) is 8.37. The molecule has 0 aliphatic carbocycles. The number of halogens is 1. The van der Waals surface area contributed by atoms with E-state index < -0.39 is 0 Å². The summed E-state index contributed by atoms with van der Waals surface area (Å²) >= 11 is 3.71. The Bertz CT molecular complexity index is 503. The van der Waals surface area contributed by atoms with Crippen LogP contribution in [0.15, 0.2) is 22.7 Å². The second-order valence-electron chi connectivity index (χ2n) is 6.21. The average Bonchev–Trinajstić information content (AvgIpc) is 2.92. The number of aryl methyl sites for hydroxylation is 1. The van der Waals surface area contributed by atoms with E-state index in [1.54, 1.807) is 0 Å². The van der Waals surface area contributed by atoms with E-state index in [2.05, 4.69) is 46.5 Å². The Morgan fingerprint density at radius 2 is 2.29 bits per heavy atom. The molecule has 0 aromatic heterocycles. The van der Waals surface area contributed by atoms with E-state index in [-0.39, 0.29) is 11.6 Å². The highest BCUT2D eigenvalue weighted by Gasteiger charge is 2.43. The van der Waals surface area contributed by atoms with Crippen LogP contribution >= 0.6 is 15.9 Å². The van der Waals surface area contributed by atoms with E-state index in [0.29, 0.717) is 5.92 Å². The summed E-state index contributed by atoms with van der Waals surface area (Å²) in [6.45, 7) is 4.42. The van der Waals surface area contributed by atoms with Crippen LogP contribution in [0.5, 0.6) is 0 Å². The number of rotatable bonds is 3. The molecule has 2 saturated heterocycles. The average molecular weight is 355 g/mol. The molecule has 1 aromatic rings. The van der Waals surface area contributed by atoms with Gasteiger partial charge in [0.2, 0.25) is 0 Å². The van der Waals surface area contributed by atoms with Crippen LogP contribution in [0, 0.1) is 12.8 Å². The first-order chi connectivity index (χ1) is 10.2. The van der Waals surface area contributed by atoms with Gasteiger partial charge in [0, 0.05) is 24.1 Å². The SMILES string of the molecule is Cc1cccc(C(NN)C2CCOC3(CCOC3)C2)c1Br. The van der Waals surface area contributed by atoms with Gasteiger partial charge in [-0.25, -0.2) is 0 Å². The lowest BCUT2D eigenvalue weighted by atomic mass is 9.79. The molecule has 3 unspecified atom stereocenters. The lowest BCUT2D eigenvalue weighted by Gasteiger charge is -2.40. The Labute approximate surface area is 134 Å². The fraction of sp³-hybridized carbons (Fsp3) is 0.625. The molecule has 0 radical (unpaired) electrons. The van der Waals surface area contributed by atoms with E-state index in [9.17, 15) is 0 Å². The van der Waals surface area contributed by atoms with Crippen LogP contribution in [0.4, 0.5) is 0 Å². The van der Waals surface area contributed by atoms with Crippen molar-refractivity contribution in [2.45, 2.75) is 37.8 Å². The van der Waals surface area contributed by atoms with Crippen LogP contribution in [0.2, 0.25) is 0 Å². The maximum Gasteiger partial charge on any atom is 0.0940 e. The summed E-state index contributed by atoms with van der Waals surface area (Å²) < 4.78 is 12.7. The topological polar surface area (TPSA) is 56.5 Å². The lowest BCUT2D eigenvalue weighted by Crippen LogP contribution is -2.45. The van der Waals surface area contributed by atoms with E-state index in [4.69, 9.17) is 15.3 Å². The molecule has 0 saturated carbocycles. The van der Waals surface area contributed by atoms with Gasteiger partial charge in [0.1, 0.15) is 0 Å². The van der Waals surface area contributed by atoms with Gasteiger partial charge < -0.3 is 9.47 Å². The molecule has 2 aliphatic heterocycles. The van der Waals surface area contributed by atoms with Crippen LogP contribution in [0.1, 0.15) is 36.4 Å². The molecule has 116 valence electrons. The lowest BCUT2D eigenvalue weighted by molar-refractivity contribution is -0.103. The van der Waals surface area contributed by atoms with Crippen LogP contribution < -0.4 is 11.3 Å². The highest BCUT2D eigenvalue weighted by molar-refractivity contribution is 9.10. The Morgan fingerprint density at radius 3 is 3.00 bits per heavy atom. The maximum atomic E-state index is 6.04. The molecule has 0 bridgehead atoms. The Balaban J connectivity index is 1.84. The summed E-state index contributed by atoms with van der Waals surface area (Å²) in [5.41, 5.74) is 5.42. The molecule has 3 atom stereocenters. The summed E-state index contributed by atoms with van der Waals surface area (Å²) in [5.74, 6) is 6.36. The van der Waals surface area contributed by atoms with Gasteiger partial charge in [-0.1, -0.05) is 34.1 Å². The molecule has 5 heteroatoms. The summed E-state index contributed by atoms with van der Waals surface area (Å²) in [6, 6.07) is 6.49. The molecule has 0 amide bonds. The minimum Gasteiger partial charge on any atom is -0.378 e. The summed E-state index contributed by atoms with van der Waals surface area (Å²) in [5, 5.41) is 0. The third-order valence-electron chi connectivity index (χ3n) is 4.81. The minimum atomic E-state index is -0.0890. The molecule has 21 heavy (non-hydrogen) atoms. The maximum absolute atomic E-state index is 6.04. The molecule has 1 aromatic carbocycles. The zero-order chi connectivity index (χ0) is 14.9. The summed E-state index contributed by atoms with van der Waals surface area (Å²) in [6.07, 6.45) is 3.02. The van der Waals surface area contributed by atoms with Crippen LogP contribution in [-0.2, 0) is 9.47 Å². The van der Waals surface area contributed by atoms with Crippen molar-refractivity contribution in [3.05, 3.63) is 33.8 Å². The Hall–Kier alpha value is -0.460. The number of benzene rings is 1. The normalized spacial score (nSPS) is 30.7. The molecule has 2 fully saturated rings. The molecular formula is C16H23BrN2O2. The predicted molar refractivity (Wildman–Crippen MR) is 85.8 cm³/mol. The quantitative estimate of drug-likeness (QED) is 0.647. The van der Waals surface area contributed by atoms with Gasteiger partial charge in [-0.05, 0) is 36.8 Å². The Morgan fingerprint density at radius 1 is 1.43 bits per heavy atom. The van der Waals surface area contributed by atoms with Crippen LogP contribution in [-0.4, -0.2) is 25.4 Å². The van der Waals surface area contributed by atoms with Crippen molar-refractivity contribution in [3.63, 3.8) is 0 Å². The number of nitrogens with one attached hydrogen (secondary N) is 1. The highest BCUT2D eigenvalue weighted by Crippen LogP contribution is 2.42. The number of ether oxygens (including phenoxy) is 2. The zero-order valence-electron chi connectivity index (χ0n) is 12.4. The van der Waals surface area contributed by atoms with Crippen LogP contribution in [0.3, 0.4) is 0 Å². The third kappa shape index (κ3) is 3.03. The van der Waals surface area contributed by atoms with Crippen molar-refractivity contribution < 1.29 is 9.47 Å². The van der Waals surface area contributed by atoms with E-state index in [0.717, 1.165) is 43.6 Å². The fourth-order valence-corrected chi connectivity index (χ4v) is 4.11. The smallest absolute Gasteiger partial charge is 0.0940 e. The molecule has 4 nitrogen and oxygen atoms in total. The number of nitrogens with two attached hydrogens (primary N) is 1. The van der Waals surface area contributed by atoms with Gasteiger partial charge in [0.05, 0.1) is 18.2 Å². The van der Waals surface area contributed by atoms with Gasteiger partial charge in [-0.2, -0.15) is 0 Å².